The first kappa shape index (κ1) is 20.9. The van der Waals surface area contributed by atoms with Crippen molar-refractivity contribution >= 4 is 21.7 Å². The summed E-state index contributed by atoms with van der Waals surface area (Å²) in [6.45, 7) is 9.44. The third-order valence-corrected chi connectivity index (χ3v) is 5.13. The standard InChI is InChI=1S/C18H27N5O3S/c1-5-19-17-12-18(23-14(4)22-17)20-9-10-21-27(24,25)15-7-8-16(26-6-2)13(3)11-15/h7-8,11-12,21H,5-6,9-10H2,1-4H3,(H2,19,20,22,23). The lowest BCUT2D eigenvalue weighted by atomic mass is 10.2. The minimum atomic E-state index is -3.58. The van der Waals surface area contributed by atoms with Crippen LogP contribution in [0.3, 0.4) is 0 Å². The van der Waals surface area contributed by atoms with Crippen LogP contribution in [-0.4, -0.2) is 44.6 Å². The van der Waals surface area contributed by atoms with Gasteiger partial charge in [-0.05, 0) is 51.5 Å². The summed E-state index contributed by atoms with van der Waals surface area (Å²) in [4.78, 5) is 8.79. The van der Waals surface area contributed by atoms with E-state index in [4.69, 9.17) is 4.74 Å². The summed E-state index contributed by atoms with van der Waals surface area (Å²) in [7, 11) is -3.58. The molecule has 9 heteroatoms. The van der Waals surface area contributed by atoms with Crippen molar-refractivity contribution in [1.29, 1.82) is 0 Å². The monoisotopic (exact) mass is 393 g/mol. The first-order valence-electron chi connectivity index (χ1n) is 8.92. The number of nitrogens with one attached hydrogen (secondary N) is 3. The van der Waals surface area contributed by atoms with Crippen LogP contribution in [-0.2, 0) is 10.0 Å². The highest BCUT2D eigenvalue weighted by Gasteiger charge is 2.15. The van der Waals surface area contributed by atoms with Gasteiger partial charge >= 0.3 is 0 Å². The number of nitrogens with zero attached hydrogens (tertiary/aromatic N) is 2. The molecule has 0 atom stereocenters. The SMILES string of the molecule is CCNc1cc(NCCNS(=O)(=O)c2ccc(OCC)c(C)c2)nc(C)n1. The molecule has 2 rings (SSSR count). The van der Waals surface area contributed by atoms with Crippen molar-refractivity contribution in [1.82, 2.24) is 14.7 Å². The largest absolute Gasteiger partial charge is 0.494 e. The van der Waals surface area contributed by atoms with E-state index < -0.39 is 10.0 Å². The van der Waals surface area contributed by atoms with Crippen molar-refractivity contribution in [3.8, 4) is 5.75 Å². The van der Waals surface area contributed by atoms with E-state index in [-0.39, 0.29) is 11.4 Å². The van der Waals surface area contributed by atoms with Crippen molar-refractivity contribution in [2.24, 2.45) is 0 Å². The fourth-order valence-electron chi connectivity index (χ4n) is 2.50. The average Bonchev–Trinajstić information content (AvgIpc) is 2.60. The van der Waals surface area contributed by atoms with Crippen LogP contribution in [0.25, 0.3) is 0 Å². The normalized spacial score (nSPS) is 11.3. The lowest BCUT2D eigenvalue weighted by Gasteiger charge is -2.12. The van der Waals surface area contributed by atoms with Gasteiger partial charge in [0.25, 0.3) is 0 Å². The van der Waals surface area contributed by atoms with Crippen molar-refractivity contribution in [2.45, 2.75) is 32.6 Å². The van der Waals surface area contributed by atoms with Gasteiger partial charge in [-0.25, -0.2) is 23.1 Å². The molecule has 0 fully saturated rings. The van der Waals surface area contributed by atoms with E-state index in [0.717, 1.165) is 17.9 Å². The fraction of sp³-hybridized carbons (Fsp3) is 0.444. The number of hydrogen-bond donors (Lipinski definition) is 3. The Morgan fingerprint density at radius 3 is 2.33 bits per heavy atom. The Morgan fingerprint density at radius 1 is 1.00 bits per heavy atom. The maximum Gasteiger partial charge on any atom is 0.240 e. The summed E-state index contributed by atoms with van der Waals surface area (Å²) in [5, 5.41) is 6.24. The van der Waals surface area contributed by atoms with Gasteiger partial charge in [0, 0.05) is 25.7 Å². The lowest BCUT2D eigenvalue weighted by molar-refractivity contribution is 0.337. The minimum absolute atomic E-state index is 0.218. The summed E-state index contributed by atoms with van der Waals surface area (Å²) in [5.74, 6) is 2.71. The second-order valence-electron chi connectivity index (χ2n) is 5.90. The molecule has 0 spiro atoms. The second-order valence-corrected chi connectivity index (χ2v) is 7.67. The van der Waals surface area contributed by atoms with Crippen molar-refractivity contribution in [3.63, 3.8) is 0 Å². The molecule has 3 N–H and O–H groups in total. The highest BCUT2D eigenvalue weighted by molar-refractivity contribution is 7.89. The molecule has 0 bridgehead atoms. The number of anilines is 2. The van der Waals surface area contributed by atoms with Crippen LogP contribution in [0.4, 0.5) is 11.6 Å². The van der Waals surface area contributed by atoms with E-state index in [1.165, 1.54) is 0 Å². The summed E-state index contributed by atoms with van der Waals surface area (Å²) < 4.78 is 32.9. The maximum atomic E-state index is 12.4. The van der Waals surface area contributed by atoms with Gasteiger partial charge in [0.15, 0.2) is 0 Å². The first-order chi connectivity index (χ1) is 12.9. The number of hydrogen-bond acceptors (Lipinski definition) is 7. The van der Waals surface area contributed by atoms with Gasteiger partial charge in [-0.3, -0.25) is 0 Å². The number of benzene rings is 1. The third-order valence-electron chi connectivity index (χ3n) is 3.68. The van der Waals surface area contributed by atoms with Gasteiger partial charge in [-0.15, -0.1) is 0 Å². The molecule has 0 saturated heterocycles. The van der Waals surface area contributed by atoms with E-state index in [1.54, 1.807) is 24.3 Å². The summed E-state index contributed by atoms with van der Waals surface area (Å²) in [5.41, 5.74) is 0.783. The predicted molar refractivity (Wildman–Crippen MR) is 107 cm³/mol. The number of sulfonamides is 1. The topological polar surface area (TPSA) is 105 Å². The second kappa shape index (κ2) is 9.52. The van der Waals surface area contributed by atoms with E-state index in [0.29, 0.717) is 30.5 Å². The van der Waals surface area contributed by atoms with Gasteiger partial charge < -0.3 is 15.4 Å². The van der Waals surface area contributed by atoms with E-state index in [9.17, 15) is 8.42 Å². The van der Waals surface area contributed by atoms with Crippen LogP contribution < -0.4 is 20.1 Å². The molecule has 0 amide bonds. The first-order valence-corrected chi connectivity index (χ1v) is 10.4. The molecule has 0 aliphatic carbocycles. The van der Waals surface area contributed by atoms with Crippen LogP contribution in [0.15, 0.2) is 29.2 Å². The molecule has 0 radical (unpaired) electrons. The van der Waals surface area contributed by atoms with E-state index in [2.05, 4.69) is 25.3 Å². The molecule has 27 heavy (non-hydrogen) atoms. The van der Waals surface area contributed by atoms with Gasteiger partial charge in [0.05, 0.1) is 11.5 Å². The predicted octanol–water partition coefficient (Wildman–Crippen LogP) is 2.31. The van der Waals surface area contributed by atoms with Crippen molar-refractivity contribution < 1.29 is 13.2 Å². The number of aryl methyl sites for hydroxylation is 2. The quantitative estimate of drug-likeness (QED) is 0.532. The Morgan fingerprint density at radius 2 is 1.70 bits per heavy atom. The molecule has 0 aliphatic heterocycles. The molecule has 0 saturated carbocycles. The molecule has 1 heterocycles. The van der Waals surface area contributed by atoms with Crippen LogP contribution in [0.1, 0.15) is 25.2 Å². The van der Waals surface area contributed by atoms with Gasteiger partial charge in [0.1, 0.15) is 23.2 Å². The molecule has 1 aromatic carbocycles. The number of rotatable bonds is 10. The van der Waals surface area contributed by atoms with Crippen LogP contribution in [0.5, 0.6) is 5.75 Å². The Kier molecular flexibility index (Phi) is 7.37. The summed E-state index contributed by atoms with van der Waals surface area (Å²) >= 11 is 0. The van der Waals surface area contributed by atoms with Crippen LogP contribution in [0, 0.1) is 13.8 Å². The third kappa shape index (κ3) is 6.07. The molecule has 1 aromatic heterocycles. The minimum Gasteiger partial charge on any atom is -0.494 e. The van der Waals surface area contributed by atoms with Crippen molar-refractivity contribution in [2.75, 3.05) is 36.9 Å². The zero-order chi connectivity index (χ0) is 19.9. The highest BCUT2D eigenvalue weighted by Crippen LogP contribution is 2.21. The van der Waals surface area contributed by atoms with Crippen LogP contribution >= 0.6 is 0 Å². The van der Waals surface area contributed by atoms with Crippen molar-refractivity contribution in [3.05, 3.63) is 35.7 Å². The Bertz CT molecular complexity index is 871. The lowest BCUT2D eigenvalue weighted by Crippen LogP contribution is -2.29. The van der Waals surface area contributed by atoms with Crippen LogP contribution in [0.2, 0.25) is 0 Å². The zero-order valence-corrected chi connectivity index (χ0v) is 17.0. The average molecular weight is 394 g/mol. The summed E-state index contributed by atoms with van der Waals surface area (Å²) in [6, 6.07) is 6.62. The van der Waals surface area contributed by atoms with Gasteiger partial charge in [-0.2, -0.15) is 0 Å². The van der Waals surface area contributed by atoms with Gasteiger partial charge in [0.2, 0.25) is 10.0 Å². The van der Waals surface area contributed by atoms with E-state index >= 15 is 0 Å². The molecular weight excluding hydrogens is 366 g/mol. The van der Waals surface area contributed by atoms with Gasteiger partial charge in [-0.1, -0.05) is 0 Å². The molecular formula is C18H27N5O3S. The fourth-order valence-corrected chi connectivity index (χ4v) is 3.61. The zero-order valence-electron chi connectivity index (χ0n) is 16.2. The summed E-state index contributed by atoms with van der Waals surface area (Å²) in [6.07, 6.45) is 0. The maximum absolute atomic E-state index is 12.4. The molecule has 148 valence electrons. The molecule has 8 nitrogen and oxygen atoms in total. The molecule has 0 unspecified atom stereocenters. The Hall–Kier alpha value is -2.39. The Balaban J connectivity index is 1.93. The smallest absolute Gasteiger partial charge is 0.240 e. The number of aromatic nitrogens is 2. The molecule has 0 aliphatic rings. The highest BCUT2D eigenvalue weighted by atomic mass is 32.2. The molecule has 2 aromatic rings. The Labute approximate surface area is 160 Å². The number of ether oxygens (including phenoxy) is 1. The van der Waals surface area contributed by atoms with E-state index in [1.807, 2.05) is 27.7 Å².